The molecule has 1 aliphatic carbocycles. The first-order valence-corrected chi connectivity index (χ1v) is 4.78. The van der Waals surface area contributed by atoms with Crippen LogP contribution in [0.25, 0.3) is 0 Å². The Morgan fingerprint density at radius 3 is 3.08 bits per heavy atom. The van der Waals surface area contributed by atoms with Gasteiger partial charge in [-0.25, -0.2) is 0 Å². The second-order valence-corrected chi connectivity index (χ2v) is 3.36. The minimum Gasteiger partial charge on any atom is -0.388 e. The first-order chi connectivity index (χ1) is 6.25. The van der Waals surface area contributed by atoms with Gasteiger partial charge in [-0.2, -0.15) is 0 Å². The number of ketones is 1. The summed E-state index contributed by atoms with van der Waals surface area (Å²) in [4.78, 5) is 11.3. The van der Waals surface area contributed by atoms with E-state index in [1.165, 1.54) is 0 Å². The predicted octanol–water partition coefficient (Wildman–Crippen LogP) is 1.99. The van der Waals surface area contributed by atoms with E-state index in [9.17, 15) is 9.90 Å². The Hall–Kier alpha value is -0.890. The molecule has 72 valence electrons. The Bertz CT molecular complexity index is 228. The van der Waals surface area contributed by atoms with Gasteiger partial charge in [0.2, 0.25) is 0 Å². The van der Waals surface area contributed by atoms with Gasteiger partial charge >= 0.3 is 0 Å². The van der Waals surface area contributed by atoms with Gasteiger partial charge in [0.1, 0.15) is 0 Å². The van der Waals surface area contributed by atoms with E-state index < -0.39 is 6.10 Å². The largest absolute Gasteiger partial charge is 0.388 e. The molecule has 0 aromatic rings. The molecule has 0 aliphatic heterocycles. The van der Waals surface area contributed by atoms with E-state index in [4.69, 9.17) is 0 Å². The Morgan fingerprint density at radius 2 is 2.46 bits per heavy atom. The smallest absolute Gasteiger partial charge is 0.161 e. The van der Waals surface area contributed by atoms with Gasteiger partial charge in [-0.05, 0) is 25.7 Å². The highest BCUT2D eigenvalue weighted by molar-refractivity contribution is 5.96. The molecule has 0 saturated heterocycles. The third-order valence-electron chi connectivity index (χ3n) is 2.30. The highest BCUT2D eigenvalue weighted by atomic mass is 16.3. The molecular formula is C11H16O2. The van der Waals surface area contributed by atoms with E-state index in [1.807, 2.05) is 6.08 Å². The lowest BCUT2D eigenvalue weighted by molar-refractivity contribution is -0.117. The summed E-state index contributed by atoms with van der Waals surface area (Å²) in [5.41, 5.74) is 0.619. The molecule has 13 heavy (non-hydrogen) atoms. The lowest BCUT2D eigenvalue weighted by Gasteiger charge is -2.16. The molecular weight excluding hydrogens is 164 g/mol. The summed E-state index contributed by atoms with van der Waals surface area (Å²) in [6, 6.07) is 0. The number of Topliss-reactive ketones (excluding diaryl/α,β-unsaturated/α-hetero) is 1. The van der Waals surface area contributed by atoms with Gasteiger partial charge in [0.15, 0.2) is 5.78 Å². The topological polar surface area (TPSA) is 37.3 Å². The minimum absolute atomic E-state index is 0.114. The van der Waals surface area contributed by atoms with Crippen molar-refractivity contribution in [2.75, 3.05) is 0 Å². The van der Waals surface area contributed by atoms with Crippen LogP contribution in [0, 0.1) is 0 Å². The molecule has 1 N–H and O–H groups in total. The quantitative estimate of drug-likeness (QED) is 0.672. The van der Waals surface area contributed by atoms with Crippen LogP contribution in [-0.4, -0.2) is 17.0 Å². The van der Waals surface area contributed by atoms with E-state index in [0.29, 0.717) is 18.4 Å². The summed E-state index contributed by atoms with van der Waals surface area (Å²) in [5, 5.41) is 9.64. The van der Waals surface area contributed by atoms with Crippen LogP contribution in [0.5, 0.6) is 0 Å². The fraction of sp³-hybridized carbons (Fsp3) is 0.545. The molecule has 0 radical (unpaired) electrons. The Kier molecular flexibility index (Phi) is 3.90. The van der Waals surface area contributed by atoms with Crippen molar-refractivity contribution in [1.82, 2.24) is 0 Å². The van der Waals surface area contributed by atoms with Crippen molar-refractivity contribution in [3.8, 4) is 0 Å². The van der Waals surface area contributed by atoms with Crippen LogP contribution in [0.3, 0.4) is 0 Å². The number of allylic oxidation sites excluding steroid dienone is 2. The fourth-order valence-electron chi connectivity index (χ4n) is 1.53. The third kappa shape index (κ3) is 2.81. The van der Waals surface area contributed by atoms with Gasteiger partial charge in [-0.15, -0.1) is 6.58 Å². The van der Waals surface area contributed by atoms with Crippen LogP contribution in [0.4, 0.5) is 0 Å². The van der Waals surface area contributed by atoms with E-state index >= 15 is 0 Å². The molecule has 0 fully saturated rings. The predicted molar refractivity (Wildman–Crippen MR) is 52.4 cm³/mol. The van der Waals surface area contributed by atoms with Gasteiger partial charge in [0, 0.05) is 12.0 Å². The molecule has 2 nitrogen and oxygen atoms in total. The average Bonchev–Trinajstić information content (AvgIpc) is 2.15. The van der Waals surface area contributed by atoms with Crippen molar-refractivity contribution >= 4 is 5.78 Å². The molecule has 0 saturated carbocycles. The number of carbonyl (C=O) groups excluding carboxylic acids is 1. The monoisotopic (exact) mass is 180 g/mol. The summed E-state index contributed by atoms with van der Waals surface area (Å²) in [6.45, 7) is 3.58. The number of rotatable bonds is 4. The molecule has 0 heterocycles. The standard InChI is InChI=1S/C11H16O2/c1-2-3-7-10(12)9-6-4-5-8-11(9)13/h2,6,10,12H,1,3-5,7-8H2. The fourth-order valence-corrected chi connectivity index (χ4v) is 1.53. The van der Waals surface area contributed by atoms with Crippen molar-refractivity contribution in [3.63, 3.8) is 0 Å². The van der Waals surface area contributed by atoms with Gasteiger partial charge in [0.05, 0.1) is 6.10 Å². The van der Waals surface area contributed by atoms with E-state index in [-0.39, 0.29) is 5.78 Å². The Labute approximate surface area is 79.0 Å². The van der Waals surface area contributed by atoms with Crippen molar-refractivity contribution < 1.29 is 9.90 Å². The van der Waals surface area contributed by atoms with Crippen LogP contribution < -0.4 is 0 Å². The summed E-state index contributed by atoms with van der Waals surface area (Å²) in [6.07, 6.45) is 6.87. The molecule has 1 aliphatic rings. The maximum absolute atomic E-state index is 11.3. The number of aliphatic hydroxyl groups is 1. The second-order valence-electron chi connectivity index (χ2n) is 3.36. The SMILES string of the molecule is C=CCCC(O)C1=CCCCC1=O. The van der Waals surface area contributed by atoms with Gasteiger partial charge in [-0.3, -0.25) is 4.79 Å². The van der Waals surface area contributed by atoms with E-state index in [0.717, 1.165) is 19.3 Å². The summed E-state index contributed by atoms with van der Waals surface area (Å²) in [5.74, 6) is 0.114. The molecule has 0 spiro atoms. The number of carbonyl (C=O) groups is 1. The third-order valence-corrected chi connectivity index (χ3v) is 2.30. The highest BCUT2D eigenvalue weighted by Crippen LogP contribution is 2.19. The normalized spacial score (nSPS) is 19.5. The van der Waals surface area contributed by atoms with E-state index in [2.05, 4.69) is 6.58 Å². The highest BCUT2D eigenvalue weighted by Gasteiger charge is 2.19. The van der Waals surface area contributed by atoms with Gasteiger partial charge in [0.25, 0.3) is 0 Å². The average molecular weight is 180 g/mol. The maximum atomic E-state index is 11.3. The Morgan fingerprint density at radius 1 is 1.69 bits per heavy atom. The first kappa shape index (κ1) is 10.2. The lowest BCUT2D eigenvalue weighted by atomic mass is 9.92. The van der Waals surface area contributed by atoms with Gasteiger partial charge in [-0.1, -0.05) is 12.2 Å². The summed E-state index contributed by atoms with van der Waals surface area (Å²) < 4.78 is 0. The zero-order valence-electron chi connectivity index (χ0n) is 7.83. The Balaban J connectivity index is 2.53. The molecule has 1 atom stereocenters. The first-order valence-electron chi connectivity index (χ1n) is 4.78. The van der Waals surface area contributed by atoms with Crippen molar-refractivity contribution in [2.45, 2.75) is 38.2 Å². The lowest BCUT2D eigenvalue weighted by Crippen LogP contribution is -2.20. The van der Waals surface area contributed by atoms with Crippen molar-refractivity contribution in [1.29, 1.82) is 0 Å². The molecule has 0 aromatic heterocycles. The van der Waals surface area contributed by atoms with Crippen LogP contribution in [0.15, 0.2) is 24.3 Å². The van der Waals surface area contributed by atoms with Crippen LogP contribution in [0.1, 0.15) is 32.1 Å². The zero-order chi connectivity index (χ0) is 9.68. The molecule has 2 heteroatoms. The minimum atomic E-state index is -0.578. The van der Waals surface area contributed by atoms with Crippen molar-refractivity contribution in [3.05, 3.63) is 24.3 Å². The molecule has 0 amide bonds. The molecule has 0 aromatic carbocycles. The van der Waals surface area contributed by atoms with Crippen LogP contribution >= 0.6 is 0 Å². The zero-order valence-corrected chi connectivity index (χ0v) is 7.83. The van der Waals surface area contributed by atoms with Crippen LogP contribution in [0.2, 0.25) is 0 Å². The second kappa shape index (κ2) is 4.97. The molecule has 1 unspecified atom stereocenters. The van der Waals surface area contributed by atoms with Gasteiger partial charge < -0.3 is 5.11 Å². The van der Waals surface area contributed by atoms with E-state index in [1.54, 1.807) is 6.08 Å². The number of hydrogen-bond donors (Lipinski definition) is 1. The van der Waals surface area contributed by atoms with Crippen LogP contribution in [-0.2, 0) is 4.79 Å². The molecule has 0 bridgehead atoms. The summed E-state index contributed by atoms with van der Waals surface area (Å²) >= 11 is 0. The van der Waals surface area contributed by atoms with Crippen molar-refractivity contribution in [2.24, 2.45) is 0 Å². The number of hydrogen-bond acceptors (Lipinski definition) is 2. The summed E-state index contributed by atoms with van der Waals surface area (Å²) in [7, 11) is 0. The number of aliphatic hydroxyl groups excluding tert-OH is 1. The molecule has 1 rings (SSSR count). The maximum Gasteiger partial charge on any atom is 0.161 e.